The van der Waals surface area contributed by atoms with E-state index in [9.17, 15) is 23.7 Å². The summed E-state index contributed by atoms with van der Waals surface area (Å²) in [5.41, 5.74) is -2.82. The zero-order valence-corrected chi connectivity index (χ0v) is 8.39. The fraction of sp³-hybridized carbons (Fsp3) is 0.250. The largest absolute Gasteiger partial charge is 0.480 e. The summed E-state index contributed by atoms with van der Waals surface area (Å²) in [6.45, 7) is 0. The number of pyridine rings is 1. The minimum absolute atomic E-state index is 0.465. The molecular weight excluding hydrogens is 242 g/mol. The van der Waals surface area contributed by atoms with Gasteiger partial charge in [-0.1, -0.05) is 0 Å². The zero-order valence-electron chi connectivity index (χ0n) is 8.39. The highest BCUT2D eigenvalue weighted by Gasteiger charge is 2.30. The molecule has 92 valence electrons. The number of nitrogens with zero attached hydrogens (tertiary/aromatic N) is 2. The second-order valence-corrected chi connectivity index (χ2v) is 2.81. The minimum atomic E-state index is -3.19. The number of aromatic nitrogens is 1. The van der Waals surface area contributed by atoms with Gasteiger partial charge in [-0.25, -0.2) is 18.6 Å². The average molecular weight is 248 g/mol. The van der Waals surface area contributed by atoms with Gasteiger partial charge < -0.3 is 9.84 Å². The van der Waals surface area contributed by atoms with Crippen LogP contribution < -0.4 is 4.74 Å². The number of hydrogen-bond acceptors (Lipinski definition) is 5. The Kier molecular flexibility index (Phi) is 3.51. The highest BCUT2D eigenvalue weighted by molar-refractivity contribution is 5.86. The highest BCUT2D eigenvalue weighted by Crippen LogP contribution is 2.35. The summed E-state index contributed by atoms with van der Waals surface area (Å²) in [5.74, 6) is -2.35. The van der Waals surface area contributed by atoms with Crippen LogP contribution in [0.4, 0.5) is 14.5 Å². The van der Waals surface area contributed by atoms with Gasteiger partial charge in [0.15, 0.2) is 11.3 Å². The maximum absolute atomic E-state index is 12.6. The van der Waals surface area contributed by atoms with E-state index in [1.165, 1.54) is 0 Å². The molecule has 0 aliphatic heterocycles. The van der Waals surface area contributed by atoms with Crippen molar-refractivity contribution < 1.29 is 28.3 Å². The van der Waals surface area contributed by atoms with Crippen molar-refractivity contribution >= 4 is 11.7 Å². The van der Waals surface area contributed by atoms with Crippen LogP contribution in [0.3, 0.4) is 0 Å². The summed E-state index contributed by atoms with van der Waals surface area (Å²) in [6, 6.07) is 0.465. The number of alkyl halides is 2. The molecule has 0 aliphatic rings. The number of halogens is 2. The van der Waals surface area contributed by atoms with Crippen LogP contribution in [0.25, 0.3) is 0 Å². The van der Waals surface area contributed by atoms with Gasteiger partial charge in [-0.15, -0.1) is 0 Å². The molecule has 0 saturated carbocycles. The molecule has 0 spiro atoms. The molecule has 1 heterocycles. The second kappa shape index (κ2) is 4.68. The van der Waals surface area contributed by atoms with Gasteiger partial charge in [-0.05, 0) is 0 Å². The second-order valence-electron chi connectivity index (χ2n) is 2.81. The number of rotatable bonds is 4. The summed E-state index contributed by atoms with van der Waals surface area (Å²) in [7, 11) is 0.962. The van der Waals surface area contributed by atoms with Crippen LogP contribution in [0.15, 0.2) is 6.07 Å². The highest BCUT2D eigenvalue weighted by atomic mass is 19.3. The Morgan fingerprint density at radius 2 is 2.24 bits per heavy atom. The molecule has 0 atom stereocenters. The first-order chi connectivity index (χ1) is 7.88. The lowest BCUT2D eigenvalue weighted by Crippen LogP contribution is -2.08. The topological polar surface area (TPSA) is 103 Å². The predicted molar refractivity (Wildman–Crippen MR) is 49.4 cm³/mol. The summed E-state index contributed by atoms with van der Waals surface area (Å²) in [6.07, 6.45) is -3.19. The molecule has 1 rings (SSSR count). The number of aromatic carboxylic acids is 1. The molecule has 7 nitrogen and oxygen atoms in total. The molecule has 9 heteroatoms. The van der Waals surface area contributed by atoms with Crippen molar-refractivity contribution in [2.24, 2.45) is 0 Å². The number of carboxylic acids is 1. The third-order valence-electron chi connectivity index (χ3n) is 1.83. The summed E-state index contributed by atoms with van der Waals surface area (Å²) in [5, 5.41) is 19.2. The van der Waals surface area contributed by atoms with E-state index in [0.29, 0.717) is 6.07 Å². The first kappa shape index (κ1) is 12.7. The first-order valence-electron chi connectivity index (χ1n) is 4.13. The van der Waals surface area contributed by atoms with E-state index in [0.717, 1.165) is 7.11 Å². The normalized spacial score (nSPS) is 10.4. The Bertz CT molecular complexity index is 477. The summed E-state index contributed by atoms with van der Waals surface area (Å²) >= 11 is 0. The Labute approximate surface area is 92.8 Å². The van der Waals surface area contributed by atoms with Crippen LogP contribution in [-0.4, -0.2) is 28.1 Å². The molecule has 1 aromatic heterocycles. The quantitative estimate of drug-likeness (QED) is 0.641. The zero-order chi connectivity index (χ0) is 13.2. The van der Waals surface area contributed by atoms with Crippen molar-refractivity contribution in [2.75, 3.05) is 7.11 Å². The van der Waals surface area contributed by atoms with E-state index in [1.54, 1.807) is 0 Å². The van der Waals surface area contributed by atoms with Crippen LogP contribution in [0, 0.1) is 10.1 Å². The van der Waals surface area contributed by atoms with Gasteiger partial charge in [0, 0.05) is 6.07 Å². The van der Waals surface area contributed by atoms with Gasteiger partial charge in [0.1, 0.15) is 0 Å². The molecule has 0 saturated heterocycles. The van der Waals surface area contributed by atoms with Gasteiger partial charge in [0.25, 0.3) is 12.1 Å². The van der Waals surface area contributed by atoms with Crippen molar-refractivity contribution in [3.8, 4) is 5.88 Å². The van der Waals surface area contributed by atoms with Gasteiger partial charge in [0.05, 0.1) is 12.0 Å². The van der Waals surface area contributed by atoms with E-state index in [-0.39, 0.29) is 0 Å². The standard InChI is InChI=1S/C8H6F2N2O5/c1-17-7-5(6(9)10)4(12(15)16)2-3(11-7)8(13)14/h2,6H,1H3,(H,13,14). The number of nitro groups is 1. The number of hydrogen-bond donors (Lipinski definition) is 1. The van der Waals surface area contributed by atoms with Crippen molar-refractivity contribution in [2.45, 2.75) is 6.43 Å². The molecular formula is C8H6F2N2O5. The molecule has 1 aromatic rings. The Morgan fingerprint density at radius 3 is 2.59 bits per heavy atom. The van der Waals surface area contributed by atoms with Crippen LogP contribution in [0.1, 0.15) is 22.5 Å². The van der Waals surface area contributed by atoms with Crippen LogP contribution in [-0.2, 0) is 0 Å². The van der Waals surface area contributed by atoms with Crippen LogP contribution in [0.5, 0.6) is 5.88 Å². The van der Waals surface area contributed by atoms with Gasteiger partial charge in [-0.3, -0.25) is 10.1 Å². The maximum Gasteiger partial charge on any atom is 0.354 e. The number of methoxy groups -OCH3 is 1. The smallest absolute Gasteiger partial charge is 0.354 e. The van der Waals surface area contributed by atoms with Crippen molar-refractivity contribution in [1.29, 1.82) is 0 Å². The number of carbonyl (C=O) groups is 1. The monoisotopic (exact) mass is 248 g/mol. The molecule has 0 fully saturated rings. The van der Waals surface area contributed by atoms with E-state index in [1.807, 2.05) is 0 Å². The third kappa shape index (κ3) is 2.44. The van der Waals surface area contributed by atoms with E-state index >= 15 is 0 Å². The van der Waals surface area contributed by atoms with Gasteiger partial charge in [0.2, 0.25) is 5.88 Å². The van der Waals surface area contributed by atoms with Crippen LogP contribution >= 0.6 is 0 Å². The maximum atomic E-state index is 12.6. The third-order valence-corrected chi connectivity index (χ3v) is 1.83. The molecule has 0 aromatic carbocycles. The fourth-order valence-corrected chi connectivity index (χ4v) is 1.14. The van der Waals surface area contributed by atoms with Gasteiger partial charge >= 0.3 is 5.97 Å². The SMILES string of the molecule is COc1nc(C(=O)O)cc([N+](=O)[O-])c1C(F)F. The lowest BCUT2D eigenvalue weighted by atomic mass is 10.2. The van der Waals surface area contributed by atoms with E-state index in [2.05, 4.69) is 9.72 Å². The fourth-order valence-electron chi connectivity index (χ4n) is 1.14. The minimum Gasteiger partial charge on any atom is -0.480 e. The van der Waals surface area contributed by atoms with Crippen molar-refractivity contribution in [3.63, 3.8) is 0 Å². The molecule has 0 radical (unpaired) electrons. The molecule has 17 heavy (non-hydrogen) atoms. The van der Waals surface area contributed by atoms with Crippen molar-refractivity contribution in [1.82, 2.24) is 4.98 Å². The molecule has 0 aliphatic carbocycles. The summed E-state index contributed by atoms with van der Waals surface area (Å²) in [4.78, 5) is 23.3. The van der Waals surface area contributed by atoms with Crippen LogP contribution in [0.2, 0.25) is 0 Å². The molecule has 0 unspecified atom stereocenters. The Morgan fingerprint density at radius 1 is 1.65 bits per heavy atom. The number of ether oxygens (including phenoxy) is 1. The first-order valence-corrected chi connectivity index (χ1v) is 4.13. The van der Waals surface area contributed by atoms with Crippen molar-refractivity contribution in [3.05, 3.63) is 27.4 Å². The Balaban J connectivity index is 3.57. The van der Waals surface area contributed by atoms with Gasteiger partial charge in [-0.2, -0.15) is 0 Å². The molecule has 1 N–H and O–H groups in total. The molecule has 0 amide bonds. The molecule has 0 bridgehead atoms. The Hall–Kier alpha value is -2.32. The lowest BCUT2D eigenvalue weighted by molar-refractivity contribution is -0.386. The van der Waals surface area contributed by atoms with E-state index < -0.39 is 40.1 Å². The number of carboxylic acid groups (broad SMARTS) is 1. The van der Waals surface area contributed by atoms with E-state index in [4.69, 9.17) is 5.11 Å². The lowest BCUT2D eigenvalue weighted by Gasteiger charge is -2.07. The average Bonchev–Trinajstić information content (AvgIpc) is 2.26. The summed E-state index contributed by atoms with van der Waals surface area (Å²) < 4.78 is 29.6. The predicted octanol–water partition coefficient (Wildman–Crippen LogP) is 1.63.